The van der Waals surface area contributed by atoms with Crippen molar-refractivity contribution >= 4 is 35.5 Å². The van der Waals surface area contributed by atoms with Gasteiger partial charge in [-0.25, -0.2) is 4.79 Å². The normalized spacial score (nSPS) is 10.6. The van der Waals surface area contributed by atoms with Gasteiger partial charge in [0.05, 0.1) is 18.4 Å². The second-order valence-electron chi connectivity index (χ2n) is 6.19. The average Bonchev–Trinajstić information content (AvgIpc) is 2.76. The summed E-state index contributed by atoms with van der Waals surface area (Å²) in [6, 6.07) is 13.7. The number of hydrogen-bond acceptors (Lipinski definition) is 9. The van der Waals surface area contributed by atoms with Crippen LogP contribution in [0.15, 0.2) is 54.6 Å². The molecule has 3 rings (SSSR count). The van der Waals surface area contributed by atoms with E-state index >= 15 is 0 Å². The number of carbonyl (C=O) groups is 2. The van der Waals surface area contributed by atoms with E-state index in [-0.39, 0.29) is 29.9 Å². The fourth-order valence-electron chi connectivity index (χ4n) is 2.56. The number of nitrogens with one attached hydrogen (secondary N) is 1. The molecule has 0 fully saturated rings. The summed E-state index contributed by atoms with van der Waals surface area (Å²) in [4.78, 5) is 36.1. The molecule has 1 heterocycles. The van der Waals surface area contributed by atoms with Gasteiger partial charge in [-0.05, 0) is 35.9 Å². The van der Waals surface area contributed by atoms with Crippen molar-refractivity contribution in [2.75, 3.05) is 23.9 Å². The zero-order valence-corrected chi connectivity index (χ0v) is 16.6. The van der Waals surface area contributed by atoms with Gasteiger partial charge >= 0.3 is 5.97 Å². The molecular formula is C21H20N6O4. The lowest BCUT2D eigenvalue weighted by Crippen LogP contribution is -2.15. The minimum absolute atomic E-state index is 0.0742. The van der Waals surface area contributed by atoms with Crippen LogP contribution in [0.2, 0.25) is 0 Å². The second kappa shape index (κ2) is 9.83. The number of rotatable bonds is 7. The first-order chi connectivity index (χ1) is 14.9. The number of anilines is 3. The monoisotopic (exact) mass is 420 g/mol. The molecule has 0 aliphatic rings. The topological polar surface area (TPSA) is 155 Å². The molecule has 3 aromatic rings. The van der Waals surface area contributed by atoms with Crippen molar-refractivity contribution in [3.63, 3.8) is 0 Å². The van der Waals surface area contributed by atoms with Crippen molar-refractivity contribution in [2.24, 2.45) is 0 Å². The smallest absolute Gasteiger partial charge is 0.340 e. The van der Waals surface area contributed by atoms with E-state index in [0.29, 0.717) is 5.69 Å². The van der Waals surface area contributed by atoms with Crippen LogP contribution in [-0.4, -0.2) is 33.9 Å². The van der Waals surface area contributed by atoms with Gasteiger partial charge in [0.15, 0.2) is 12.4 Å². The molecule has 0 unspecified atom stereocenters. The summed E-state index contributed by atoms with van der Waals surface area (Å²) in [5.74, 6) is -0.398. The Balaban J connectivity index is 1.65. The first-order valence-electron chi connectivity index (χ1n) is 9.10. The standard InChI is InChI=1S/C21H20N6O4/c1-30-14-9-6-13(7-10-14)8-11-18(28)24-16-5-3-2-4-15(16)19(29)31-12-17-25-20(22)27-21(23)26-17/h2-11H,12H2,1H3,(H,24,28)(H4,22,23,25,26,27)/b11-8+. The lowest BCUT2D eigenvalue weighted by atomic mass is 10.1. The first kappa shape index (κ1) is 21.2. The molecule has 10 heteroatoms. The highest BCUT2D eigenvalue weighted by molar-refractivity contribution is 6.06. The second-order valence-corrected chi connectivity index (χ2v) is 6.19. The number of methoxy groups -OCH3 is 1. The van der Waals surface area contributed by atoms with Crippen LogP contribution >= 0.6 is 0 Å². The fourth-order valence-corrected chi connectivity index (χ4v) is 2.56. The highest BCUT2D eigenvalue weighted by Gasteiger charge is 2.15. The van der Waals surface area contributed by atoms with Crippen LogP contribution in [0.5, 0.6) is 5.75 Å². The maximum Gasteiger partial charge on any atom is 0.340 e. The fraction of sp³-hybridized carbons (Fsp3) is 0.0952. The van der Waals surface area contributed by atoms with Crippen molar-refractivity contribution < 1.29 is 19.1 Å². The summed E-state index contributed by atoms with van der Waals surface area (Å²) < 4.78 is 10.3. The van der Waals surface area contributed by atoms with Crippen molar-refractivity contribution in [1.29, 1.82) is 0 Å². The number of ether oxygens (including phenoxy) is 2. The predicted molar refractivity (Wildman–Crippen MR) is 115 cm³/mol. The van der Waals surface area contributed by atoms with E-state index in [4.69, 9.17) is 20.9 Å². The number of carbonyl (C=O) groups excluding carboxylic acids is 2. The number of benzene rings is 2. The molecule has 0 radical (unpaired) electrons. The molecule has 5 N–H and O–H groups in total. The molecule has 1 aromatic heterocycles. The lowest BCUT2D eigenvalue weighted by molar-refractivity contribution is -0.111. The van der Waals surface area contributed by atoms with Crippen molar-refractivity contribution in [3.05, 3.63) is 71.6 Å². The summed E-state index contributed by atoms with van der Waals surface area (Å²) in [6.07, 6.45) is 3.01. The van der Waals surface area contributed by atoms with Gasteiger partial charge in [-0.1, -0.05) is 24.3 Å². The molecule has 0 bridgehead atoms. The zero-order chi connectivity index (χ0) is 22.2. The molecule has 0 saturated carbocycles. The van der Waals surface area contributed by atoms with Crippen LogP contribution in [0.1, 0.15) is 21.7 Å². The molecule has 0 aliphatic heterocycles. The molecule has 158 valence electrons. The van der Waals surface area contributed by atoms with Crippen LogP contribution in [0, 0.1) is 0 Å². The van der Waals surface area contributed by atoms with Crippen LogP contribution in [0.4, 0.5) is 17.6 Å². The quantitative estimate of drug-likeness (QED) is 0.384. The largest absolute Gasteiger partial charge is 0.497 e. The van der Waals surface area contributed by atoms with Gasteiger partial charge in [0, 0.05) is 6.08 Å². The summed E-state index contributed by atoms with van der Waals surface area (Å²) in [5, 5.41) is 2.67. The van der Waals surface area contributed by atoms with Crippen molar-refractivity contribution in [1.82, 2.24) is 15.0 Å². The number of aromatic nitrogens is 3. The van der Waals surface area contributed by atoms with Crippen molar-refractivity contribution in [2.45, 2.75) is 6.61 Å². The van der Waals surface area contributed by atoms with E-state index in [1.54, 1.807) is 43.5 Å². The maximum absolute atomic E-state index is 12.5. The molecule has 2 aromatic carbocycles. The highest BCUT2D eigenvalue weighted by Crippen LogP contribution is 2.17. The molecule has 0 atom stereocenters. The highest BCUT2D eigenvalue weighted by atomic mass is 16.5. The van der Waals surface area contributed by atoms with E-state index < -0.39 is 11.9 Å². The zero-order valence-electron chi connectivity index (χ0n) is 16.6. The summed E-state index contributed by atoms with van der Waals surface area (Å²) >= 11 is 0. The number of hydrogen-bond donors (Lipinski definition) is 3. The number of esters is 1. The van der Waals surface area contributed by atoms with Crippen LogP contribution < -0.4 is 21.5 Å². The molecular weight excluding hydrogens is 400 g/mol. The van der Waals surface area contributed by atoms with E-state index in [9.17, 15) is 9.59 Å². The Kier molecular flexibility index (Phi) is 6.74. The number of nitrogens with two attached hydrogens (primary N) is 2. The summed E-state index contributed by atoms with van der Waals surface area (Å²) in [7, 11) is 1.58. The predicted octanol–water partition coefficient (Wildman–Crippen LogP) is 2.05. The van der Waals surface area contributed by atoms with Crippen molar-refractivity contribution in [3.8, 4) is 5.75 Å². The molecule has 0 aliphatic carbocycles. The molecule has 1 amide bonds. The Morgan fingerprint density at radius 2 is 1.68 bits per heavy atom. The Morgan fingerprint density at radius 1 is 1.00 bits per heavy atom. The molecule has 10 nitrogen and oxygen atoms in total. The molecule has 0 spiro atoms. The van der Waals surface area contributed by atoms with Gasteiger partial charge < -0.3 is 26.3 Å². The number of amides is 1. The average molecular weight is 420 g/mol. The molecule has 31 heavy (non-hydrogen) atoms. The van der Waals surface area contributed by atoms with E-state index in [0.717, 1.165) is 11.3 Å². The Bertz CT molecular complexity index is 1090. The first-order valence-corrected chi connectivity index (χ1v) is 9.10. The lowest BCUT2D eigenvalue weighted by Gasteiger charge is -2.10. The Labute approximate surface area is 177 Å². The molecule has 0 saturated heterocycles. The maximum atomic E-state index is 12.5. The number of nitrogen functional groups attached to an aromatic ring is 2. The van der Waals surface area contributed by atoms with Gasteiger partial charge in [0.2, 0.25) is 17.8 Å². The SMILES string of the molecule is COc1ccc(/C=C/C(=O)Nc2ccccc2C(=O)OCc2nc(N)nc(N)n2)cc1. The van der Waals surface area contributed by atoms with Crippen LogP contribution in [-0.2, 0) is 16.1 Å². The summed E-state index contributed by atoms with van der Waals surface area (Å²) in [5.41, 5.74) is 12.3. The number of para-hydroxylation sites is 1. The van der Waals surface area contributed by atoms with Crippen LogP contribution in [0.3, 0.4) is 0 Å². The van der Waals surface area contributed by atoms with Gasteiger partial charge in [0.1, 0.15) is 5.75 Å². The van der Waals surface area contributed by atoms with E-state index in [1.807, 2.05) is 12.1 Å². The Hall–Kier alpha value is -4.47. The van der Waals surface area contributed by atoms with Gasteiger partial charge in [-0.15, -0.1) is 0 Å². The van der Waals surface area contributed by atoms with E-state index in [1.165, 1.54) is 12.1 Å². The third-order valence-electron chi connectivity index (χ3n) is 4.00. The minimum Gasteiger partial charge on any atom is -0.497 e. The van der Waals surface area contributed by atoms with Gasteiger partial charge in [0.25, 0.3) is 0 Å². The Morgan fingerprint density at radius 3 is 2.35 bits per heavy atom. The third kappa shape index (κ3) is 6.00. The third-order valence-corrected chi connectivity index (χ3v) is 4.00. The van der Waals surface area contributed by atoms with Crippen LogP contribution in [0.25, 0.3) is 6.08 Å². The number of nitrogens with zero attached hydrogens (tertiary/aromatic N) is 3. The minimum atomic E-state index is -0.674. The van der Waals surface area contributed by atoms with Gasteiger partial charge in [-0.2, -0.15) is 15.0 Å². The van der Waals surface area contributed by atoms with E-state index in [2.05, 4.69) is 20.3 Å². The van der Waals surface area contributed by atoms with Gasteiger partial charge in [-0.3, -0.25) is 4.79 Å². The summed E-state index contributed by atoms with van der Waals surface area (Å²) in [6.45, 7) is -0.255.